The fourth-order valence-corrected chi connectivity index (χ4v) is 5.37. The van der Waals surface area contributed by atoms with Gasteiger partial charge in [-0.05, 0) is 35.9 Å². The smallest absolute Gasteiger partial charge is 0.445 e. The van der Waals surface area contributed by atoms with Crippen LogP contribution in [-0.2, 0) is 15.9 Å². The van der Waals surface area contributed by atoms with Gasteiger partial charge < -0.3 is 19.1 Å². The number of nitrogens with one attached hydrogen (secondary N) is 1. The highest BCUT2D eigenvalue weighted by molar-refractivity contribution is 7.55. The van der Waals surface area contributed by atoms with Crippen LogP contribution in [0.25, 0.3) is 0 Å². The molecule has 1 unspecified atom stereocenters. The summed E-state index contributed by atoms with van der Waals surface area (Å²) in [5.74, 6) is -1.22. The molecule has 37 heavy (non-hydrogen) atoms. The van der Waals surface area contributed by atoms with Crippen molar-refractivity contribution in [2.75, 3.05) is 0 Å². The highest BCUT2D eigenvalue weighted by Gasteiger charge is 2.45. The third-order valence-electron chi connectivity index (χ3n) is 5.16. The number of ether oxygens (including phenoxy) is 1. The number of nitro groups is 1. The van der Waals surface area contributed by atoms with Crippen molar-refractivity contribution < 1.29 is 28.1 Å². The summed E-state index contributed by atoms with van der Waals surface area (Å²) < 4.78 is 31.5. The average Bonchev–Trinajstić information content (AvgIpc) is 2.92. The van der Waals surface area contributed by atoms with Crippen molar-refractivity contribution >= 4 is 19.4 Å². The van der Waals surface area contributed by atoms with Gasteiger partial charge in [-0.2, -0.15) is 0 Å². The standard InChI is InChI=1S/C27H23N2O7P/c30-27(34-20-21-12-4-1-5-13-21)28-26(24-18-10-11-19-25(24)29(31)32)37(33,35-22-14-6-2-7-15-22)36-23-16-8-3-9-17-23/h1-19,26H,20H2,(H,28,30). The van der Waals surface area contributed by atoms with Crippen LogP contribution >= 0.6 is 7.60 Å². The Kier molecular flexibility index (Phi) is 8.18. The highest BCUT2D eigenvalue weighted by Crippen LogP contribution is 2.60. The van der Waals surface area contributed by atoms with E-state index in [-0.39, 0.29) is 29.4 Å². The maximum Gasteiger partial charge on any atom is 0.457 e. The Balaban J connectivity index is 1.74. The molecule has 0 aromatic heterocycles. The molecule has 1 atom stereocenters. The number of carbonyl (C=O) groups is 1. The molecular formula is C27H23N2O7P. The van der Waals surface area contributed by atoms with Crippen LogP contribution in [0.2, 0.25) is 0 Å². The Morgan fingerprint density at radius 2 is 1.27 bits per heavy atom. The number of rotatable bonds is 10. The zero-order chi connectivity index (χ0) is 26.1. The molecule has 0 aliphatic carbocycles. The van der Waals surface area contributed by atoms with Crippen LogP contribution in [0.15, 0.2) is 115 Å². The van der Waals surface area contributed by atoms with E-state index in [9.17, 15) is 19.5 Å². The van der Waals surface area contributed by atoms with Crippen LogP contribution < -0.4 is 14.4 Å². The maximum absolute atomic E-state index is 14.5. The van der Waals surface area contributed by atoms with Crippen molar-refractivity contribution in [1.82, 2.24) is 5.32 Å². The molecule has 188 valence electrons. The zero-order valence-electron chi connectivity index (χ0n) is 19.5. The summed E-state index contributed by atoms with van der Waals surface area (Å²) in [7, 11) is -4.43. The molecule has 0 spiro atoms. The van der Waals surface area contributed by atoms with Crippen LogP contribution in [0, 0.1) is 10.1 Å². The number of nitro benzene ring substituents is 1. The van der Waals surface area contributed by atoms with Gasteiger partial charge in [0.25, 0.3) is 5.69 Å². The van der Waals surface area contributed by atoms with E-state index in [2.05, 4.69) is 5.32 Å². The number of nitrogens with zero attached hydrogens (tertiary/aromatic N) is 1. The van der Waals surface area contributed by atoms with Gasteiger partial charge in [-0.25, -0.2) is 9.36 Å². The van der Waals surface area contributed by atoms with E-state index < -0.39 is 24.4 Å². The third kappa shape index (κ3) is 6.74. The summed E-state index contributed by atoms with van der Waals surface area (Å²) >= 11 is 0. The number of benzene rings is 4. The molecule has 0 fully saturated rings. The molecule has 4 aromatic rings. The molecule has 10 heteroatoms. The second-order valence-electron chi connectivity index (χ2n) is 7.77. The van der Waals surface area contributed by atoms with Crippen LogP contribution in [0.5, 0.6) is 11.5 Å². The Morgan fingerprint density at radius 3 is 1.81 bits per heavy atom. The van der Waals surface area contributed by atoms with Gasteiger partial charge in [-0.1, -0.05) is 78.9 Å². The SMILES string of the molecule is O=C(NC(c1ccccc1[N+](=O)[O-])P(=O)(Oc1ccccc1)Oc1ccccc1)OCc1ccccc1. The lowest BCUT2D eigenvalue weighted by atomic mass is 10.2. The molecule has 1 N–H and O–H groups in total. The van der Waals surface area contributed by atoms with Crippen molar-refractivity contribution in [3.8, 4) is 11.5 Å². The third-order valence-corrected chi connectivity index (χ3v) is 7.13. The summed E-state index contributed by atoms with van der Waals surface area (Å²) in [5, 5.41) is 14.4. The minimum absolute atomic E-state index is 0.0698. The van der Waals surface area contributed by atoms with E-state index in [0.717, 1.165) is 5.56 Å². The second-order valence-corrected chi connectivity index (χ2v) is 9.73. The Hall–Kier alpha value is -4.62. The number of alkyl carbamates (subject to hydrolysis) is 1. The fourth-order valence-electron chi connectivity index (χ4n) is 3.47. The lowest BCUT2D eigenvalue weighted by Crippen LogP contribution is -2.32. The van der Waals surface area contributed by atoms with Crippen molar-refractivity contribution in [2.24, 2.45) is 0 Å². The van der Waals surface area contributed by atoms with E-state index in [4.69, 9.17) is 13.8 Å². The van der Waals surface area contributed by atoms with E-state index in [0.29, 0.717) is 0 Å². The number of hydrogen-bond donors (Lipinski definition) is 1. The van der Waals surface area contributed by atoms with E-state index in [1.165, 1.54) is 24.3 Å². The number of hydrogen-bond acceptors (Lipinski definition) is 7. The maximum atomic E-state index is 14.5. The monoisotopic (exact) mass is 518 g/mol. The van der Waals surface area contributed by atoms with E-state index in [1.807, 2.05) is 6.07 Å². The van der Waals surface area contributed by atoms with Crippen molar-refractivity contribution in [3.63, 3.8) is 0 Å². The molecule has 0 radical (unpaired) electrons. The zero-order valence-corrected chi connectivity index (χ0v) is 20.4. The summed E-state index contributed by atoms with van der Waals surface area (Å²) in [5.41, 5.74) is 0.285. The molecule has 0 saturated heterocycles. The summed E-state index contributed by atoms with van der Waals surface area (Å²) in [6, 6.07) is 31.0. The minimum atomic E-state index is -4.43. The van der Waals surface area contributed by atoms with Gasteiger partial charge >= 0.3 is 13.7 Å². The molecule has 1 amide bonds. The van der Waals surface area contributed by atoms with Crippen LogP contribution in [0.3, 0.4) is 0 Å². The first-order valence-corrected chi connectivity index (χ1v) is 12.9. The van der Waals surface area contributed by atoms with Crippen LogP contribution in [0.1, 0.15) is 16.9 Å². The summed E-state index contributed by atoms with van der Waals surface area (Å²) in [6.07, 6.45) is -0.958. The molecule has 0 aliphatic heterocycles. The summed E-state index contributed by atoms with van der Waals surface area (Å²) in [4.78, 5) is 24.1. The van der Waals surface area contributed by atoms with Crippen molar-refractivity contribution in [1.29, 1.82) is 0 Å². The van der Waals surface area contributed by atoms with Crippen LogP contribution in [-0.4, -0.2) is 11.0 Å². The number of para-hydroxylation sites is 3. The number of carbonyl (C=O) groups excluding carboxylic acids is 1. The topological polar surface area (TPSA) is 117 Å². The van der Waals surface area contributed by atoms with Gasteiger partial charge in [0.1, 0.15) is 18.1 Å². The van der Waals surface area contributed by atoms with E-state index >= 15 is 0 Å². The molecule has 4 rings (SSSR count). The molecule has 0 bridgehead atoms. The van der Waals surface area contributed by atoms with Gasteiger partial charge in [0.15, 0.2) is 5.78 Å². The summed E-state index contributed by atoms with van der Waals surface area (Å²) in [6.45, 7) is -0.0698. The van der Waals surface area contributed by atoms with Crippen molar-refractivity contribution in [2.45, 2.75) is 12.4 Å². The van der Waals surface area contributed by atoms with Gasteiger partial charge in [0, 0.05) is 6.07 Å². The molecule has 0 saturated carbocycles. The molecule has 0 heterocycles. The molecule has 4 aromatic carbocycles. The van der Waals surface area contributed by atoms with Gasteiger partial charge in [0.05, 0.1) is 10.5 Å². The molecule has 0 aliphatic rings. The number of amides is 1. The lowest BCUT2D eigenvalue weighted by molar-refractivity contribution is -0.385. The van der Waals surface area contributed by atoms with Gasteiger partial charge in [0.2, 0.25) is 0 Å². The Labute approximate surface area is 213 Å². The Bertz CT molecular complexity index is 1340. The average molecular weight is 518 g/mol. The highest BCUT2D eigenvalue weighted by atomic mass is 31.2. The lowest BCUT2D eigenvalue weighted by Gasteiger charge is -2.28. The largest absolute Gasteiger partial charge is 0.457 e. The quantitative estimate of drug-likeness (QED) is 0.138. The fraction of sp³-hybridized carbons (Fsp3) is 0.0741. The van der Waals surface area contributed by atoms with Crippen molar-refractivity contribution in [3.05, 3.63) is 137 Å². The predicted octanol–water partition coefficient (Wildman–Crippen LogP) is 6.87. The van der Waals surface area contributed by atoms with Gasteiger partial charge in [-0.15, -0.1) is 0 Å². The van der Waals surface area contributed by atoms with E-state index in [1.54, 1.807) is 84.9 Å². The second kappa shape index (κ2) is 11.9. The Morgan fingerprint density at radius 1 is 0.784 bits per heavy atom. The predicted molar refractivity (Wildman–Crippen MR) is 137 cm³/mol. The van der Waals surface area contributed by atoms with Crippen LogP contribution in [0.4, 0.5) is 10.5 Å². The first kappa shape index (κ1) is 25.5. The minimum Gasteiger partial charge on any atom is -0.445 e. The van der Waals surface area contributed by atoms with Gasteiger partial charge in [-0.3, -0.25) is 10.1 Å². The first-order valence-electron chi connectivity index (χ1n) is 11.2. The first-order chi connectivity index (χ1) is 17.9. The normalized spacial score (nSPS) is 11.7. The molecule has 9 nitrogen and oxygen atoms in total. The molecular weight excluding hydrogens is 495 g/mol.